The molecule has 2 aromatic heterocycles. The summed E-state index contributed by atoms with van der Waals surface area (Å²) in [5, 5.41) is 2.53. The summed E-state index contributed by atoms with van der Waals surface area (Å²) in [6.45, 7) is 4.82. The molecule has 1 atom stereocenters. The number of pyridine rings is 1. The first-order valence-electron chi connectivity index (χ1n) is 14.3. The number of rotatable bonds is 8. The molecule has 1 aliphatic heterocycles. The fourth-order valence-corrected chi connectivity index (χ4v) is 6.43. The Morgan fingerprint density at radius 1 is 1.02 bits per heavy atom. The van der Waals surface area contributed by atoms with Crippen LogP contribution in [-0.2, 0) is 6.18 Å². The van der Waals surface area contributed by atoms with Crippen molar-refractivity contribution in [2.75, 3.05) is 19.6 Å². The van der Waals surface area contributed by atoms with Gasteiger partial charge in [0, 0.05) is 54.5 Å². The number of Topliss-reactive ketones (excluding diaryl/α,β-unsaturated/α-hetero) is 1. The summed E-state index contributed by atoms with van der Waals surface area (Å²) in [7, 11) is 0. The molecule has 1 fully saturated rings. The average Bonchev–Trinajstić information content (AvgIpc) is 3.55. The summed E-state index contributed by atoms with van der Waals surface area (Å²) in [6, 6.07) is 14.4. The highest BCUT2D eigenvalue weighted by Crippen LogP contribution is 2.34. The number of alkyl halides is 3. The Kier molecular flexibility index (Phi) is 9.24. The first-order chi connectivity index (χ1) is 21.1. The van der Waals surface area contributed by atoms with Crippen LogP contribution < -0.4 is 0 Å². The van der Waals surface area contributed by atoms with E-state index in [1.54, 1.807) is 59.8 Å². The van der Waals surface area contributed by atoms with Crippen LogP contribution >= 0.6 is 11.3 Å². The molecule has 3 heterocycles. The molecule has 5 rings (SSSR count). The van der Waals surface area contributed by atoms with Crippen molar-refractivity contribution in [1.29, 1.82) is 0 Å². The number of likely N-dealkylation sites (tertiary alicyclic amines) is 1. The van der Waals surface area contributed by atoms with E-state index >= 15 is 0 Å². The molecule has 2 amide bonds. The molecule has 228 valence electrons. The number of aromatic nitrogens is 2. The van der Waals surface area contributed by atoms with Gasteiger partial charge < -0.3 is 9.80 Å². The molecule has 1 unspecified atom stereocenters. The summed E-state index contributed by atoms with van der Waals surface area (Å²) in [6.07, 6.45) is -0.0472. The molecule has 1 aliphatic rings. The van der Waals surface area contributed by atoms with E-state index in [-0.39, 0.29) is 23.5 Å². The maximum Gasteiger partial charge on any atom is 0.416 e. The number of likely N-dealkylation sites (N-methyl/N-ethyl adjacent to an activating group) is 1. The SMILES string of the molecule is CCN(C(=O)c1csc(C2CCN(C(=O)c3ccccc3-c3ccc(C(F)(F)F)cc3)CC2)n1)C(C)C(=O)c1cccnc1. The van der Waals surface area contributed by atoms with E-state index in [4.69, 9.17) is 0 Å². The molecule has 0 aliphatic carbocycles. The lowest BCUT2D eigenvalue weighted by molar-refractivity contribution is -0.137. The number of hydrogen-bond acceptors (Lipinski definition) is 6. The number of amides is 2. The third-order valence-electron chi connectivity index (χ3n) is 7.95. The fraction of sp³-hybridized carbons (Fsp3) is 0.303. The number of thiazole rings is 1. The highest BCUT2D eigenvalue weighted by Gasteiger charge is 2.32. The molecular formula is C33H31F3N4O3S. The zero-order valence-electron chi connectivity index (χ0n) is 24.3. The average molecular weight is 621 g/mol. The first kappa shape index (κ1) is 31.1. The predicted molar refractivity (Wildman–Crippen MR) is 162 cm³/mol. The third-order valence-corrected chi connectivity index (χ3v) is 8.95. The monoisotopic (exact) mass is 620 g/mol. The van der Waals surface area contributed by atoms with Crippen LogP contribution in [0.2, 0.25) is 0 Å². The lowest BCUT2D eigenvalue weighted by Gasteiger charge is -2.31. The Hall–Kier alpha value is -4.38. The van der Waals surface area contributed by atoms with Gasteiger partial charge in [0.05, 0.1) is 16.6 Å². The van der Waals surface area contributed by atoms with Gasteiger partial charge in [0.15, 0.2) is 5.78 Å². The number of hydrogen-bond donors (Lipinski definition) is 0. The van der Waals surface area contributed by atoms with Crippen LogP contribution in [-0.4, -0.2) is 63.0 Å². The van der Waals surface area contributed by atoms with Gasteiger partial charge >= 0.3 is 6.18 Å². The summed E-state index contributed by atoms with van der Waals surface area (Å²) < 4.78 is 39.1. The van der Waals surface area contributed by atoms with E-state index in [1.807, 2.05) is 6.92 Å². The number of carbonyl (C=O) groups excluding carboxylic acids is 3. The standard InChI is InChI=1S/C33H31F3N4O3S/c1-3-40(21(2)29(41)24-7-6-16-37-19-24)32(43)28-20-44-30(38-28)23-14-17-39(18-15-23)31(42)27-9-5-4-8-26(27)22-10-12-25(13-11-22)33(34,35)36/h4-13,16,19-21,23H,3,14-15,17-18H2,1-2H3. The van der Waals surface area contributed by atoms with Gasteiger partial charge in [-0.15, -0.1) is 11.3 Å². The van der Waals surface area contributed by atoms with Gasteiger partial charge in [0.1, 0.15) is 5.69 Å². The fourth-order valence-electron chi connectivity index (χ4n) is 5.47. The number of ketones is 1. The number of carbonyl (C=O) groups is 3. The van der Waals surface area contributed by atoms with E-state index in [1.165, 1.54) is 34.6 Å². The topological polar surface area (TPSA) is 83.5 Å². The molecule has 7 nitrogen and oxygen atoms in total. The molecule has 0 spiro atoms. The second-order valence-corrected chi connectivity index (χ2v) is 11.5. The molecule has 0 saturated carbocycles. The molecule has 2 aromatic carbocycles. The lowest BCUT2D eigenvalue weighted by atomic mass is 9.94. The zero-order valence-corrected chi connectivity index (χ0v) is 25.1. The van der Waals surface area contributed by atoms with Crippen molar-refractivity contribution < 1.29 is 27.6 Å². The smallest absolute Gasteiger partial charge is 0.339 e. The highest BCUT2D eigenvalue weighted by atomic mass is 32.1. The van der Waals surface area contributed by atoms with Crippen LogP contribution in [0.15, 0.2) is 78.4 Å². The molecule has 4 aromatic rings. The van der Waals surface area contributed by atoms with Crippen LogP contribution in [0.5, 0.6) is 0 Å². The first-order valence-corrected chi connectivity index (χ1v) is 15.2. The van der Waals surface area contributed by atoms with Crippen molar-refractivity contribution in [3.05, 3.63) is 106 Å². The van der Waals surface area contributed by atoms with Crippen molar-refractivity contribution in [1.82, 2.24) is 19.8 Å². The van der Waals surface area contributed by atoms with E-state index < -0.39 is 17.8 Å². The van der Waals surface area contributed by atoms with Crippen LogP contribution in [0.4, 0.5) is 13.2 Å². The molecule has 44 heavy (non-hydrogen) atoms. The molecular weight excluding hydrogens is 589 g/mol. The minimum absolute atomic E-state index is 0.0697. The van der Waals surface area contributed by atoms with Gasteiger partial charge in [0.2, 0.25) is 0 Å². The lowest BCUT2D eigenvalue weighted by Crippen LogP contribution is -2.43. The maximum absolute atomic E-state index is 13.5. The Labute approximate surface area is 257 Å². The summed E-state index contributed by atoms with van der Waals surface area (Å²) in [5.41, 5.74) is 1.54. The Morgan fingerprint density at radius 3 is 2.36 bits per heavy atom. The van der Waals surface area contributed by atoms with Crippen molar-refractivity contribution in [3.8, 4) is 11.1 Å². The van der Waals surface area contributed by atoms with Gasteiger partial charge in [-0.2, -0.15) is 13.2 Å². The number of nitrogens with zero attached hydrogens (tertiary/aromatic N) is 4. The normalized spacial score (nSPS) is 14.7. The van der Waals surface area contributed by atoms with Gasteiger partial charge in [-0.25, -0.2) is 4.98 Å². The quantitative estimate of drug-likeness (QED) is 0.199. The van der Waals surface area contributed by atoms with E-state index in [0.29, 0.717) is 60.4 Å². The minimum Gasteiger partial charge on any atom is -0.339 e. The summed E-state index contributed by atoms with van der Waals surface area (Å²) >= 11 is 1.40. The molecule has 0 radical (unpaired) electrons. The Bertz CT molecular complexity index is 1630. The minimum atomic E-state index is -4.43. The van der Waals surface area contributed by atoms with Crippen LogP contribution in [0.1, 0.15) is 74.4 Å². The van der Waals surface area contributed by atoms with Gasteiger partial charge in [-0.1, -0.05) is 30.3 Å². The van der Waals surface area contributed by atoms with Crippen LogP contribution in [0.25, 0.3) is 11.1 Å². The molecule has 0 N–H and O–H groups in total. The molecule has 0 bridgehead atoms. The van der Waals surface area contributed by atoms with Gasteiger partial charge in [0.25, 0.3) is 11.8 Å². The van der Waals surface area contributed by atoms with E-state index in [2.05, 4.69) is 9.97 Å². The summed E-state index contributed by atoms with van der Waals surface area (Å²) in [5.74, 6) is -0.618. The van der Waals surface area contributed by atoms with Crippen molar-refractivity contribution >= 4 is 28.9 Å². The van der Waals surface area contributed by atoms with Crippen LogP contribution in [0.3, 0.4) is 0 Å². The molecule has 1 saturated heterocycles. The van der Waals surface area contributed by atoms with Gasteiger partial charge in [-0.05, 0) is 68.1 Å². The number of benzene rings is 2. The van der Waals surface area contributed by atoms with Crippen LogP contribution in [0, 0.1) is 0 Å². The number of piperidine rings is 1. The number of halogens is 3. The highest BCUT2D eigenvalue weighted by molar-refractivity contribution is 7.09. The second-order valence-electron chi connectivity index (χ2n) is 10.6. The van der Waals surface area contributed by atoms with Crippen molar-refractivity contribution in [2.24, 2.45) is 0 Å². The summed E-state index contributed by atoms with van der Waals surface area (Å²) in [4.78, 5) is 51.7. The van der Waals surface area contributed by atoms with E-state index in [0.717, 1.165) is 17.1 Å². The Balaban J connectivity index is 1.23. The van der Waals surface area contributed by atoms with Crippen molar-refractivity contribution in [2.45, 2.75) is 44.8 Å². The molecule has 11 heteroatoms. The predicted octanol–water partition coefficient (Wildman–Crippen LogP) is 6.98. The maximum atomic E-state index is 13.5. The van der Waals surface area contributed by atoms with E-state index in [9.17, 15) is 27.6 Å². The van der Waals surface area contributed by atoms with Crippen molar-refractivity contribution in [3.63, 3.8) is 0 Å². The van der Waals surface area contributed by atoms with Gasteiger partial charge in [-0.3, -0.25) is 19.4 Å². The zero-order chi connectivity index (χ0) is 31.4. The third kappa shape index (κ3) is 6.57. The Morgan fingerprint density at radius 2 is 1.73 bits per heavy atom. The second kappa shape index (κ2) is 13.1. The largest absolute Gasteiger partial charge is 0.416 e.